The van der Waals surface area contributed by atoms with E-state index in [9.17, 15) is 21.4 Å². The highest BCUT2D eigenvalue weighted by Gasteiger charge is 2.54. The Morgan fingerprint density at radius 1 is 1.21 bits per heavy atom. The molecule has 198 valence electrons. The second-order valence-electron chi connectivity index (χ2n) is 8.93. The summed E-state index contributed by atoms with van der Waals surface area (Å²) in [5.74, 6) is 0. The topological polar surface area (TPSA) is 137 Å². The summed E-state index contributed by atoms with van der Waals surface area (Å²) in [5.41, 5.74) is 0.276. The number of halogens is 2. The van der Waals surface area contributed by atoms with E-state index in [0.29, 0.717) is 46.2 Å². The van der Waals surface area contributed by atoms with E-state index < -0.39 is 37.9 Å². The lowest BCUT2D eigenvalue weighted by Crippen LogP contribution is -2.34. The van der Waals surface area contributed by atoms with Crippen molar-refractivity contribution in [2.24, 2.45) is 7.05 Å². The summed E-state index contributed by atoms with van der Waals surface area (Å²) in [7, 11) is -3.97. The Morgan fingerprint density at radius 2 is 1.89 bits per heavy atom. The fourth-order valence-corrected chi connectivity index (χ4v) is 6.62. The molecule has 1 atom stereocenters. The monoisotopic (exact) mass is 578 g/mol. The third-order valence-corrected chi connectivity index (χ3v) is 9.73. The lowest BCUT2D eigenvalue weighted by molar-refractivity contribution is 0.150. The van der Waals surface area contributed by atoms with E-state index in [-0.39, 0.29) is 26.0 Å². The molecule has 11 nitrogen and oxygen atoms in total. The zero-order chi connectivity index (χ0) is 27.4. The van der Waals surface area contributed by atoms with Crippen molar-refractivity contribution in [3.05, 3.63) is 41.0 Å². The third kappa shape index (κ3) is 4.70. The van der Waals surface area contributed by atoms with Crippen LogP contribution in [0.3, 0.4) is 0 Å². The highest BCUT2D eigenvalue weighted by molar-refractivity contribution is 7.89. The van der Waals surface area contributed by atoms with Crippen LogP contribution in [0.4, 0.5) is 8.78 Å². The molecule has 16 heteroatoms. The van der Waals surface area contributed by atoms with Gasteiger partial charge in [-0.15, -0.1) is 14.9 Å². The molecule has 0 amide bonds. The van der Waals surface area contributed by atoms with Gasteiger partial charge in [0.1, 0.15) is 5.69 Å². The van der Waals surface area contributed by atoms with Gasteiger partial charge in [-0.1, -0.05) is 25.2 Å². The highest BCUT2D eigenvalue weighted by Crippen LogP contribution is 2.41. The molecule has 3 heterocycles. The fraction of sp³-hybridized carbons (Fsp3) is 0.364. The Hall–Kier alpha value is -3.26. The molecule has 4 aromatic rings. The molecule has 1 aromatic carbocycles. The van der Waals surface area contributed by atoms with Gasteiger partial charge in [-0.3, -0.25) is 13.7 Å². The zero-order valence-electron chi connectivity index (χ0n) is 20.2. The maximum atomic E-state index is 13.4. The van der Waals surface area contributed by atoms with Crippen LogP contribution in [0.5, 0.6) is 0 Å². The van der Waals surface area contributed by atoms with Crippen LogP contribution in [0.25, 0.3) is 37.6 Å². The summed E-state index contributed by atoms with van der Waals surface area (Å²) in [6, 6.07) is 2.79. The minimum atomic E-state index is -4.16. The summed E-state index contributed by atoms with van der Waals surface area (Å²) in [6.07, 6.45) is 0.853. The molecule has 1 unspecified atom stereocenters. The van der Waals surface area contributed by atoms with Gasteiger partial charge < -0.3 is 0 Å². The number of nitrogens with zero attached hydrogens (tertiary/aromatic N) is 7. The molecule has 1 aliphatic carbocycles. The zero-order valence-corrected chi connectivity index (χ0v) is 22.7. The Labute approximate surface area is 222 Å². The average Bonchev–Trinajstić information content (AvgIpc) is 3.31. The van der Waals surface area contributed by atoms with E-state index >= 15 is 0 Å². The van der Waals surface area contributed by atoms with E-state index in [4.69, 9.17) is 6.57 Å². The number of aromatic nitrogens is 6. The largest absolute Gasteiger partial charge is 0.299 e. The number of nitrogens with one attached hydrogen (secondary N) is 1. The Morgan fingerprint density at radius 3 is 2.45 bits per heavy atom. The van der Waals surface area contributed by atoms with Gasteiger partial charge in [0.05, 0.1) is 34.1 Å². The predicted octanol–water partition coefficient (Wildman–Crippen LogP) is 3.69. The second-order valence-corrected chi connectivity index (χ2v) is 13.5. The van der Waals surface area contributed by atoms with Crippen molar-refractivity contribution in [1.82, 2.24) is 34.7 Å². The van der Waals surface area contributed by atoms with Crippen molar-refractivity contribution >= 4 is 43.1 Å². The SMILES string of the molecule is [C-]#[N+]C1(NS(=O)(=O)c2cc(-c3cnc(S(=O)C(C)C)nc3)c3c(c2)c(-c2nnc(C(F)F)s2)nn3C)CC1. The van der Waals surface area contributed by atoms with Crippen molar-refractivity contribution < 1.29 is 21.4 Å². The van der Waals surface area contributed by atoms with Gasteiger partial charge in [0.25, 0.3) is 12.1 Å². The molecule has 0 saturated heterocycles. The number of aryl methyl sites for hydroxylation is 1. The number of benzene rings is 1. The molecule has 1 aliphatic rings. The number of hydrogen-bond acceptors (Lipinski definition) is 9. The van der Waals surface area contributed by atoms with E-state index in [2.05, 4.69) is 34.8 Å². The minimum absolute atomic E-state index is 0.0955. The number of hydrogen-bond donors (Lipinski definition) is 1. The van der Waals surface area contributed by atoms with E-state index in [1.165, 1.54) is 29.2 Å². The number of fused-ring (bicyclic) bond motifs is 1. The van der Waals surface area contributed by atoms with Gasteiger partial charge in [0, 0.05) is 41.2 Å². The molecule has 38 heavy (non-hydrogen) atoms. The van der Waals surface area contributed by atoms with Gasteiger partial charge in [0.15, 0.2) is 10.0 Å². The molecule has 0 bridgehead atoms. The lowest BCUT2D eigenvalue weighted by Gasteiger charge is -2.12. The van der Waals surface area contributed by atoms with Gasteiger partial charge >= 0.3 is 0 Å². The maximum Gasteiger partial charge on any atom is 0.299 e. The highest BCUT2D eigenvalue weighted by atomic mass is 32.2. The van der Waals surface area contributed by atoms with Crippen LogP contribution >= 0.6 is 11.3 Å². The molecule has 1 fully saturated rings. The summed E-state index contributed by atoms with van der Waals surface area (Å²) >= 11 is 0.657. The third-order valence-electron chi connectivity index (χ3n) is 5.86. The molecule has 3 aromatic heterocycles. The van der Waals surface area contributed by atoms with E-state index in [1.54, 1.807) is 20.9 Å². The van der Waals surface area contributed by atoms with Crippen molar-refractivity contribution in [3.63, 3.8) is 0 Å². The first-order chi connectivity index (χ1) is 17.9. The van der Waals surface area contributed by atoms with Crippen LogP contribution in [0, 0.1) is 6.57 Å². The standard InChI is InChI=1S/C22H20F2N8O3S3/c1-11(2)37(33)21-26-9-12(10-27-21)14-7-13(38(34,35)31-22(25-3)5-6-22)8-15-16(30-32(4)17(14)15)19-28-29-20(36-19)18(23)24/h7-11,18,31H,5-6H2,1-2,4H3. The fourth-order valence-electron chi connectivity index (χ4n) is 3.78. The molecule has 5 rings (SSSR count). The molecular weight excluding hydrogens is 558 g/mol. The number of sulfonamides is 1. The van der Waals surface area contributed by atoms with Crippen molar-refractivity contribution in [3.8, 4) is 21.8 Å². The van der Waals surface area contributed by atoms with Crippen LogP contribution in [-0.2, 0) is 27.9 Å². The summed E-state index contributed by atoms with van der Waals surface area (Å²) < 4.78 is 69.5. The molecule has 0 spiro atoms. The number of rotatable bonds is 8. The van der Waals surface area contributed by atoms with Gasteiger partial charge in [-0.25, -0.2) is 33.7 Å². The molecule has 1 N–H and O–H groups in total. The number of alkyl halides is 2. The van der Waals surface area contributed by atoms with Crippen LogP contribution in [0.1, 0.15) is 38.1 Å². The first kappa shape index (κ1) is 26.4. The normalized spacial score (nSPS) is 15.7. The Balaban J connectivity index is 1.72. The molecule has 1 saturated carbocycles. The first-order valence-corrected chi connectivity index (χ1v) is 14.7. The van der Waals surface area contributed by atoms with Gasteiger partial charge in [0.2, 0.25) is 15.2 Å². The summed E-state index contributed by atoms with van der Waals surface area (Å²) in [6.45, 7) is 10.9. The van der Waals surface area contributed by atoms with Crippen molar-refractivity contribution in [2.45, 2.75) is 54.1 Å². The van der Waals surface area contributed by atoms with E-state index in [0.717, 1.165) is 0 Å². The predicted molar refractivity (Wildman–Crippen MR) is 136 cm³/mol. The van der Waals surface area contributed by atoms with Crippen molar-refractivity contribution in [2.75, 3.05) is 0 Å². The average molecular weight is 579 g/mol. The maximum absolute atomic E-state index is 13.4. The van der Waals surface area contributed by atoms with Crippen LogP contribution in [0.15, 0.2) is 34.6 Å². The van der Waals surface area contributed by atoms with Crippen LogP contribution < -0.4 is 4.72 Å². The first-order valence-electron chi connectivity index (χ1n) is 11.2. The summed E-state index contributed by atoms with van der Waals surface area (Å²) in [4.78, 5) is 11.7. The molecule has 0 radical (unpaired) electrons. The van der Waals surface area contributed by atoms with Crippen LogP contribution in [0.2, 0.25) is 0 Å². The Kier molecular flexibility index (Phi) is 6.58. The minimum Gasteiger partial charge on any atom is -0.292 e. The van der Waals surface area contributed by atoms with Gasteiger partial charge in [-0.05, 0) is 12.1 Å². The lowest BCUT2D eigenvalue weighted by atomic mass is 10.0. The van der Waals surface area contributed by atoms with Crippen LogP contribution in [-0.4, -0.2) is 53.5 Å². The van der Waals surface area contributed by atoms with Crippen molar-refractivity contribution in [1.29, 1.82) is 0 Å². The smallest absolute Gasteiger partial charge is 0.292 e. The second kappa shape index (κ2) is 9.49. The quantitative estimate of drug-likeness (QED) is 0.247. The molecular formula is C22H20F2N8O3S3. The summed E-state index contributed by atoms with van der Waals surface area (Å²) in [5, 5.41) is 11.7. The van der Waals surface area contributed by atoms with E-state index in [1.807, 2.05) is 0 Å². The van der Waals surface area contributed by atoms with Gasteiger partial charge in [-0.2, -0.15) is 5.10 Å². The Bertz CT molecular complexity index is 1720. The molecule has 0 aliphatic heterocycles.